The first-order valence-corrected chi connectivity index (χ1v) is 4.81. The lowest BCUT2D eigenvalue weighted by molar-refractivity contribution is -0.119. The molecule has 0 radical (unpaired) electrons. The van der Waals surface area contributed by atoms with Crippen molar-refractivity contribution >= 4 is 5.91 Å². The maximum Gasteiger partial charge on any atom is 0.220 e. The van der Waals surface area contributed by atoms with E-state index in [9.17, 15) is 4.79 Å². The highest BCUT2D eigenvalue weighted by Crippen LogP contribution is 2.13. The van der Waals surface area contributed by atoms with Crippen molar-refractivity contribution in [1.29, 1.82) is 0 Å². The molecule has 0 aromatic carbocycles. The van der Waals surface area contributed by atoms with Gasteiger partial charge in [-0.05, 0) is 12.5 Å². The molecule has 1 amide bonds. The molecule has 0 bridgehead atoms. The molecule has 2 rings (SSSR count). The number of ether oxygens (including phenoxy) is 1. The van der Waals surface area contributed by atoms with Crippen LogP contribution in [0.2, 0.25) is 0 Å². The summed E-state index contributed by atoms with van der Waals surface area (Å²) in [6.07, 6.45) is 2.69. The molecular weight excluding hydrogens is 196 g/mol. The topological polar surface area (TPSA) is 71.5 Å². The van der Waals surface area contributed by atoms with Gasteiger partial charge in [0, 0.05) is 12.5 Å². The second kappa shape index (κ2) is 4.16. The molecule has 0 aliphatic carbocycles. The predicted octanol–water partition coefficient (Wildman–Crippen LogP) is 0.445. The Hall–Kier alpha value is -1.78. The van der Waals surface area contributed by atoms with Crippen LogP contribution in [0.1, 0.15) is 12.8 Å². The first-order valence-electron chi connectivity index (χ1n) is 4.81. The van der Waals surface area contributed by atoms with Crippen LogP contribution in [0.4, 0.5) is 0 Å². The standard InChI is InChI=1S/C10H12N2O3/c13-8-2-4-10(11-5-8)15-6-7-1-3-9(14)12-7/h2,4-5,7,13H,1,3,6H2,(H,12,14)/t7-/m1/s1. The van der Waals surface area contributed by atoms with Crippen LogP contribution in [-0.2, 0) is 4.79 Å². The minimum Gasteiger partial charge on any atom is -0.506 e. The average Bonchev–Trinajstić information content (AvgIpc) is 2.64. The monoisotopic (exact) mass is 208 g/mol. The second-order valence-corrected chi connectivity index (χ2v) is 3.47. The summed E-state index contributed by atoms with van der Waals surface area (Å²) in [5.74, 6) is 0.632. The Morgan fingerprint density at radius 1 is 1.60 bits per heavy atom. The van der Waals surface area contributed by atoms with Crippen LogP contribution in [0, 0.1) is 0 Å². The number of rotatable bonds is 3. The second-order valence-electron chi connectivity index (χ2n) is 3.47. The number of aromatic hydroxyl groups is 1. The Labute approximate surface area is 87.1 Å². The number of hydrogen-bond acceptors (Lipinski definition) is 4. The van der Waals surface area contributed by atoms with Gasteiger partial charge in [-0.25, -0.2) is 4.98 Å². The van der Waals surface area contributed by atoms with Crippen molar-refractivity contribution < 1.29 is 14.6 Å². The zero-order valence-corrected chi connectivity index (χ0v) is 8.14. The van der Waals surface area contributed by atoms with Gasteiger partial charge >= 0.3 is 0 Å². The van der Waals surface area contributed by atoms with E-state index in [1.165, 1.54) is 12.3 Å². The lowest BCUT2D eigenvalue weighted by Gasteiger charge is -2.10. The van der Waals surface area contributed by atoms with E-state index < -0.39 is 0 Å². The van der Waals surface area contributed by atoms with Crippen molar-refractivity contribution in [2.75, 3.05) is 6.61 Å². The van der Waals surface area contributed by atoms with Crippen molar-refractivity contribution in [1.82, 2.24) is 10.3 Å². The number of hydrogen-bond donors (Lipinski definition) is 2. The molecule has 2 heterocycles. The third kappa shape index (κ3) is 2.59. The third-order valence-corrected chi connectivity index (χ3v) is 2.24. The molecule has 0 saturated carbocycles. The summed E-state index contributed by atoms with van der Waals surface area (Å²) in [7, 11) is 0. The van der Waals surface area contributed by atoms with Crippen LogP contribution in [-0.4, -0.2) is 28.6 Å². The fourth-order valence-corrected chi connectivity index (χ4v) is 1.45. The quantitative estimate of drug-likeness (QED) is 0.756. The molecular formula is C10H12N2O3. The van der Waals surface area contributed by atoms with Crippen molar-refractivity contribution in [3.05, 3.63) is 18.3 Å². The summed E-state index contributed by atoms with van der Waals surface area (Å²) in [6.45, 7) is 0.420. The van der Waals surface area contributed by atoms with Crippen LogP contribution in [0.25, 0.3) is 0 Å². The number of nitrogens with one attached hydrogen (secondary N) is 1. The number of aromatic nitrogens is 1. The van der Waals surface area contributed by atoms with Crippen molar-refractivity contribution in [3.63, 3.8) is 0 Å². The largest absolute Gasteiger partial charge is 0.506 e. The Morgan fingerprint density at radius 3 is 3.07 bits per heavy atom. The van der Waals surface area contributed by atoms with Crippen LogP contribution in [0.3, 0.4) is 0 Å². The normalized spacial score (nSPS) is 20.0. The van der Waals surface area contributed by atoms with Crippen molar-refractivity contribution in [3.8, 4) is 11.6 Å². The Morgan fingerprint density at radius 2 is 2.47 bits per heavy atom. The van der Waals surface area contributed by atoms with Gasteiger partial charge in [-0.3, -0.25) is 4.79 Å². The van der Waals surface area contributed by atoms with E-state index in [-0.39, 0.29) is 17.7 Å². The predicted molar refractivity (Wildman–Crippen MR) is 52.6 cm³/mol. The Balaban J connectivity index is 1.83. The van der Waals surface area contributed by atoms with Crippen LogP contribution >= 0.6 is 0 Å². The van der Waals surface area contributed by atoms with Gasteiger partial charge in [0.1, 0.15) is 12.4 Å². The van der Waals surface area contributed by atoms with Gasteiger partial charge in [0.25, 0.3) is 0 Å². The first-order chi connectivity index (χ1) is 7.24. The van der Waals surface area contributed by atoms with Gasteiger partial charge < -0.3 is 15.2 Å². The van der Waals surface area contributed by atoms with E-state index in [0.717, 1.165) is 6.42 Å². The van der Waals surface area contributed by atoms with E-state index in [0.29, 0.717) is 18.9 Å². The zero-order valence-electron chi connectivity index (χ0n) is 8.14. The highest BCUT2D eigenvalue weighted by atomic mass is 16.5. The molecule has 1 aliphatic heterocycles. The molecule has 15 heavy (non-hydrogen) atoms. The van der Waals surface area contributed by atoms with Gasteiger partial charge in [-0.2, -0.15) is 0 Å². The molecule has 1 fully saturated rings. The van der Waals surface area contributed by atoms with E-state index in [1.807, 2.05) is 0 Å². The maximum absolute atomic E-state index is 10.9. The molecule has 1 aromatic rings. The summed E-state index contributed by atoms with van der Waals surface area (Å²) in [5.41, 5.74) is 0. The minimum atomic E-state index is 0.0715. The zero-order chi connectivity index (χ0) is 10.7. The molecule has 1 aliphatic rings. The number of nitrogens with zero attached hydrogens (tertiary/aromatic N) is 1. The van der Waals surface area contributed by atoms with Gasteiger partial charge in [0.05, 0.1) is 12.2 Å². The van der Waals surface area contributed by atoms with Crippen LogP contribution < -0.4 is 10.1 Å². The number of carbonyl (C=O) groups excluding carboxylic acids is 1. The Kier molecular flexibility index (Phi) is 2.71. The molecule has 5 nitrogen and oxygen atoms in total. The molecule has 1 aromatic heterocycles. The molecule has 0 spiro atoms. The van der Waals surface area contributed by atoms with Gasteiger partial charge in [-0.1, -0.05) is 0 Å². The summed E-state index contributed by atoms with van der Waals surface area (Å²) in [4.78, 5) is 14.8. The third-order valence-electron chi connectivity index (χ3n) is 2.24. The van der Waals surface area contributed by atoms with E-state index in [2.05, 4.69) is 10.3 Å². The maximum atomic E-state index is 10.9. The highest BCUT2D eigenvalue weighted by Gasteiger charge is 2.21. The van der Waals surface area contributed by atoms with Gasteiger partial charge in [0.15, 0.2) is 0 Å². The van der Waals surface area contributed by atoms with E-state index >= 15 is 0 Å². The molecule has 1 saturated heterocycles. The fourth-order valence-electron chi connectivity index (χ4n) is 1.45. The van der Waals surface area contributed by atoms with E-state index in [4.69, 9.17) is 9.84 Å². The molecule has 80 valence electrons. The SMILES string of the molecule is O=C1CC[C@H](COc2ccc(O)cn2)N1. The lowest BCUT2D eigenvalue weighted by Crippen LogP contribution is -2.30. The van der Waals surface area contributed by atoms with Gasteiger partial charge in [-0.15, -0.1) is 0 Å². The molecule has 2 N–H and O–H groups in total. The highest BCUT2D eigenvalue weighted by molar-refractivity contribution is 5.78. The summed E-state index contributed by atoms with van der Waals surface area (Å²) in [6, 6.07) is 3.18. The average molecular weight is 208 g/mol. The molecule has 5 heteroatoms. The summed E-state index contributed by atoms with van der Waals surface area (Å²) in [5, 5.41) is 11.8. The van der Waals surface area contributed by atoms with Crippen molar-refractivity contribution in [2.45, 2.75) is 18.9 Å². The molecule has 0 unspecified atom stereocenters. The summed E-state index contributed by atoms with van der Waals surface area (Å²) >= 11 is 0. The van der Waals surface area contributed by atoms with Crippen LogP contribution in [0.5, 0.6) is 11.6 Å². The molecule has 1 atom stereocenters. The van der Waals surface area contributed by atoms with Gasteiger partial charge in [0.2, 0.25) is 11.8 Å². The van der Waals surface area contributed by atoms with E-state index in [1.54, 1.807) is 6.07 Å². The van der Waals surface area contributed by atoms with Crippen molar-refractivity contribution in [2.24, 2.45) is 0 Å². The Bertz CT molecular complexity index is 350. The minimum absolute atomic E-state index is 0.0715. The van der Waals surface area contributed by atoms with Crippen LogP contribution in [0.15, 0.2) is 18.3 Å². The smallest absolute Gasteiger partial charge is 0.220 e. The number of amides is 1. The number of pyridine rings is 1. The first kappa shape index (κ1) is 9.76. The lowest BCUT2D eigenvalue weighted by atomic mass is 10.2. The fraction of sp³-hybridized carbons (Fsp3) is 0.400. The summed E-state index contributed by atoms with van der Waals surface area (Å²) < 4.78 is 5.36. The number of carbonyl (C=O) groups is 1.